The number of methoxy groups -OCH3 is 1. The quantitative estimate of drug-likeness (QED) is 0.274. The zero-order valence-electron chi connectivity index (χ0n) is 22.4. The van der Waals surface area contributed by atoms with E-state index in [1.54, 1.807) is 24.1 Å². The van der Waals surface area contributed by atoms with E-state index in [1.165, 1.54) is 5.56 Å². The number of carboxylic acid groups (broad SMARTS) is 1. The van der Waals surface area contributed by atoms with Crippen molar-refractivity contribution in [2.75, 3.05) is 12.0 Å². The normalized spacial score (nSPS) is 27.7. The van der Waals surface area contributed by atoms with E-state index in [9.17, 15) is 30.0 Å². The van der Waals surface area contributed by atoms with Gasteiger partial charge in [-0.2, -0.15) is 0 Å². The van der Waals surface area contributed by atoms with E-state index in [4.69, 9.17) is 14.2 Å². The van der Waals surface area contributed by atoms with E-state index in [2.05, 4.69) is 12.1 Å². The largest absolute Gasteiger partial charge is 0.497 e. The van der Waals surface area contributed by atoms with Gasteiger partial charge in [-0.05, 0) is 66.8 Å². The predicted octanol–water partition coefficient (Wildman–Crippen LogP) is 2.69. The number of β-lactam (4-membered cyclic amide) rings is 1. The topological polar surface area (TPSA) is 146 Å². The lowest BCUT2D eigenvalue weighted by Crippen LogP contribution is -2.61. The molecule has 3 aromatic rings. The first-order valence-corrected chi connectivity index (χ1v) is 13.5. The third kappa shape index (κ3) is 5.91. The smallest absolute Gasteiger partial charge is 0.335 e. The van der Waals surface area contributed by atoms with Crippen molar-refractivity contribution >= 4 is 17.6 Å². The van der Waals surface area contributed by atoms with Crippen molar-refractivity contribution in [3.8, 4) is 11.5 Å². The van der Waals surface area contributed by atoms with Crippen LogP contribution >= 0.6 is 0 Å². The molecular weight excluding hydrogens is 530 g/mol. The standard InChI is InChI=1S/C31H33NO9/c1-39-21-16-12-20(13-17-21)32-24(23(29(32)36)9-5-8-18-6-3-2-4-7-18)19-10-14-22(15-11-19)40-31-27(35)25(33)26(34)28(41-31)30(37)38/h2-4,6-7,10-17,23-28,31,33-35H,5,8-9H2,1H3,(H,37,38)/t23-,24-,25+,26+,27-,28+,31-/m1/s1. The molecule has 2 aliphatic rings. The number of aryl methyl sites for hydroxylation is 1. The van der Waals surface area contributed by atoms with Crippen LogP contribution in [0.2, 0.25) is 0 Å². The summed E-state index contributed by atoms with van der Waals surface area (Å²) in [5.74, 6) is -0.718. The molecule has 0 saturated carbocycles. The summed E-state index contributed by atoms with van der Waals surface area (Å²) in [7, 11) is 1.58. The first-order chi connectivity index (χ1) is 19.8. The molecular formula is C31H33NO9. The first kappa shape index (κ1) is 28.6. The maximum absolute atomic E-state index is 13.4. The number of carbonyl (C=O) groups is 2. The molecule has 2 fully saturated rings. The lowest BCUT2D eigenvalue weighted by Gasteiger charge is -2.48. The molecule has 2 heterocycles. The number of hydrogen-bond donors (Lipinski definition) is 4. The van der Waals surface area contributed by atoms with E-state index < -0.39 is 36.7 Å². The van der Waals surface area contributed by atoms with Gasteiger partial charge in [0.1, 0.15) is 29.8 Å². The molecule has 7 atom stereocenters. The zero-order valence-corrected chi connectivity index (χ0v) is 22.4. The van der Waals surface area contributed by atoms with Crippen LogP contribution in [0.25, 0.3) is 0 Å². The summed E-state index contributed by atoms with van der Waals surface area (Å²) in [6, 6.07) is 24.1. The van der Waals surface area contributed by atoms with Crippen molar-refractivity contribution in [1.29, 1.82) is 0 Å². The summed E-state index contributed by atoms with van der Waals surface area (Å²) in [5.41, 5.74) is 2.85. The molecule has 0 radical (unpaired) electrons. The summed E-state index contributed by atoms with van der Waals surface area (Å²) in [4.78, 5) is 26.6. The Labute approximate surface area is 237 Å². The van der Waals surface area contributed by atoms with Crippen LogP contribution in [0, 0.1) is 5.92 Å². The fourth-order valence-electron chi connectivity index (χ4n) is 5.44. The molecule has 216 valence electrons. The fraction of sp³-hybridized carbons (Fsp3) is 0.355. The number of rotatable bonds is 10. The molecule has 3 aromatic carbocycles. The Kier molecular flexibility index (Phi) is 8.55. The third-order valence-corrected chi connectivity index (χ3v) is 7.67. The van der Waals surface area contributed by atoms with Gasteiger partial charge in [-0.1, -0.05) is 42.5 Å². The average Bonchev–Trinajstić information content (AvgIpc) is 2.99. The third-order valence-electron chi connectivity index (χ3n) is 7.67. The number of benzene rings is 3. The van der Waals surface area contributed by atoms with Gasteiger partial charge in [0.25, 0.3) is 0 Å². The first-order valence-electron chi connectivity index (χ1n) is 13.5. The highest BCUT2D eigenvalue weighted by Crippen LogP contribution is 2.46. The minimum atomic E-state index is -1.80. The van der Waals surface area contributed by atoms with Crippen LogP contribution in [0.1, 0.15) is 30.0 Å². The van der Waals surface area contributed by atoms with Crippen LogP contribution in [0.5, 0.6) is 11.5 Å². The molecule has 0 aliphatic carbocycles. The second-order valence-electron chi connectivity index (χ2n) is 10.3. The van der Waals surface area contributed by atoms with Gasteiger partial charge >= 0.3 is 5.97 Å². The number of carboxylic acids is 1. The van der Waals surface area contributed by atoms with Gasteiger partial charge in [0.2, 0.25) is 12.2 Å². The van der Waals surface area contributed by atoms with Crippen LogP contribution in [0.3, 0.4) is 0 Å². The molecule has 0 unspecified atom stereocenters. The highest BCUT2D eigenvalue weighted by molar-refractivity contribution is 6.03. The number of ether oxygens (including phenoxy) is 3. The van der Waals surface area contributed by atoms with Gasteiger partial charge in [0, 0.05) is 5.69 Å². The van der Waals surface area contributed by atoms with Gasteiger partial charge in [-0.25, -0.2) is 4.79 Å². The van der Waals surface area contributed by atoms with Gasteiger partial charge in [-0.15, -0.1) is 0 Å². The van der Waals surface area contributed by atoms with Crippen LogP contribution in [0.15, 0.2) is 78.9 Å². The second-order valence-corrected chi connectivity index (χ2v) is 10.3. The van der Waals surface area contributed by atoms with Gasteiger partial charge in [-0.3, -0.25) is 4.79 Å². The van der Waals surface area contributed by atoms with Gasteiger partial charge in [0.15, 0.2) is 6.10 Å². The highest BCUT2D eigenvalue weighted by atomic mass is 16.7. The Hall–Kier alpha value is -3.96. The van der Waals surface area contributed by atoms with Crippen LogP contribution < -0.4 is 14.4 Å². The molecule has 41 heavy (non-hydrogen) atoms. The Morgan fingerprint density at radius 1 is 0.878 bits per heavy atom. The monoisotopic (exact) mass is 563 g/mol. The average molecular weight is 564 g/mol. The summed E-state index contributed by atoms with van der Waals surface area (Å²) >= 11 is 0. The van der Waals surface area contributed by atoms with Crippen molar-refractivity contribution in [3.05, 3.63) is 90.0 Å². The number of amides is 1. The number of aliphatic hydroxyl groups is 3. The van der Waals surface area contributed by atoms with Crippen molar-refractivity contribution in [1.82, 2.24) is 0 Å². The molecule has 10 nitrogen and oxygen atoms in total. The molecule has 0 aromatic heterocycles. The van der Waals surface area contributed by atoms with E-state index >= 15 is 0 Å². The van der Waals surface area contributed by atoms with Crippen LogP contribution in [-0.2, 0) is 20.7 Å². The fourth-order valence-corrected chi connectivity index (χ4v) is 5.44. The zero-order chi connectivity index (χ0) is 29.1. The second kappa shape index (κ2) is 12.3. The number of anilines is 1. The number of carbonyl (C=O) groups excluding carboxylic acids is 1. The summed E-state index contributed by atoms with van der Waals surface area (Å²) < 4.78 is 16.1. The molecule has 2 saturated heterocycles. The minimum absolute atomic E-state index is 0.0412. The van der Waals surface area contributed by atoms with E-state index in [1.807, 2.05) is 54.6 Å². The van der Waals surface area contributed by atoms with E-state index in [0.717, 1.165) is 24.1 Å². The number of aliphatic hydroxyl groups excluding tert-OH is 3. The molecule has 1 amide bonds. The maximum Gasteiger partial charge on any atom is 0.335 e. The van der Waals surface area contributed by atoms with E-state index in [0.29, 0.717) is 12.2 Å². The Morgan fingerprint density at radius 2 is 1.54 bits per heavy atom. The summed E-state index contributed by atoms with van der Waals surface area (Å²) in [5, 5.41) is 39.5. The molecule has 10 heteroatoms. The summed E-state index contributed by atoms with van der Waals surface area (Å²) in [6.45, 7) is 0. The van der Waals surface area contributed by atoms with E-state index in [-0.39, 0.29) is 23.6 Å². The van der Waals surface area contributed by atoms with Crippen molar-refractivity contribution < 1.29 is 44.2 Å². The van der Waals surface area contributed by atoms with Gasteiger partial charge < -0.3 is 39.5 Å². The summed E-state index contributed by atoms with van der Waals surface area (Å²) in [6.07, 6.45) is -6.06. The van der Waals surface area contributed by atoms with Gasteiger partial charge in [0.05, 0.1) is 19.1 Å². The Morgan fingerprint density at radius 3 is 2.17 bits per heavy atom. The maximum atomic E-state index is 13.4. The minimum Gasteiger partial charge on any atom is -0.497 e. The Balaban J connectivity index is 1.33. The molecule has 4 N–H and O–H groups in total. The van der Waals surface area contributed by atoms with Crippen molar-refractivity contribution in [2.45, 2.75) is 56.0 Å². The van der Waals surface area contributed by atoms with Crippen molar-refractivity contribution in [2.24, 2.45) is 5.92 Å². The number of hydrogen-bond acceptors (Lipinski definition) is 8. The number of nitrogens with zero attached hydrogens (tertiary/aromatic N) is 1. The predicted molar refractivity (Wildman–Crippen MR) is 147 cm³/mol. The van der Waals surface area contributed by atoms with Crippen LogP contribution in [-0.4, -0.2) is 70.1 Å². The lowest BCUT2D eigenvalue weighted by atomic mass is 9.78. The molecule has 2 aliphatic heterocycles. The molecule has 0 bridgehead atoms. The molecule has 0 spiro atoms. The number of aliphatic carboxylic acids is 1. The highest BCUT2D eigenvalue weighted by Gasteiger charge is 2.49. The Bertz CT molecular complexity index is 1330. The molecule has 5 rings (SSSR count). The lowest BCUT2D eigenvalue weighted by molar-refractivity contribution is -0.271. The SMILES string of the molecule is COc1ccc(N2C(=O)[C@H](CCCc3ccccc3)[C@H]2c2ccc(O[C@@H]3O[C@H](C(=O)O)[C@@H](O)[C@H](O)[C@H]3O)cc2)cc1. The van der Waals surface area contributed by atoms with Crippen LogP contribution in [0.4, 0.5) is 5.69 Å². The van der Waals surface area contributed by atoms with Crippen molar-refractivity contribution in [3.63, 3.8) is 0 Å².